The van der Waals surface area contributed by atoms with Crippen molar-refractivity contribution < 1.29 is 8.78 Å². The fourth-order valence-electron chi connectivity index (χ4n) is 3.76. The third-order valence-electron chi connectivity index (χ3n) is 5.47. The van der Waals surface area contributed by atoms with E-state index < -0.39 is 11.6 Å². The molecule has 0 aliphatic heterocycles. The average molecular weight is 344 g/mol. The molecule has 2 heteroatoms. The van der Waals surface area contributed by atoms with Crippen molar-refractivity contribution in [2.45, 2.75) is 65.2 Å². The zero-order chi connectivity index (χ0) is 18.3. The number of rotatable bonds is 7. The van der Waals surface area contributed by atoms with Crippen LogP contribution in [0.25, 0.3) is 5.57 Å². The number of halogens is 2. The van der Waals surface area contributed by atoms with Crippen molar-refractivity contribution >= 4 is 5.57 Å². The summed E-state index contributed by atoms with van der Waals surface area (Å²) in [5.74, 6) is -1.07. The Bertz CT molecular complexity index is 646. The van der Waals surface area contributed by atoms with Gasteiger partial charge in [0, 0.05) is 11.6 Å². The third kappa shape index (κ3) is 5.95. The Morgan fingerprint density at radius 2 is 1.88 bits per heavy atom. The van der Waals surface area contributed by atoms with E-state index in [0.29, 0.717) is 11.0 Å². The smallest absolute Gasteiger partial charge is 0.133 e. The van der Waals surface area contributed by atoms with Gasteiger partial charge in [-0.25, -0.2) is 8.78 Å². The molecule has 1 aliphatic rings. The fraction of sp³-hybridized carbons (Fsp3) is 0.478. The van der Waals surface area contributed by atoms with E-state index in [1.807, 2.05) is 25.2 Å². The van der Waals surface area contributed by atoms with Crippen LogP contribution < -0.4 is 0 Å². The Morgan fingerprint density at radius 3 is 2.52 bits per heavy atom. The van der Waals surface area contributed by atoms with Crippen molar-refractivity contribution in [3.63, 3.8) is 0 Å². The lowest BCUT2D eigenvalue weighted by Crippen LogP contribution is -2.19. The van der Waals surface area contributed by atoms with Gasteiger partial charge in [0.05, 0.1) is 0 Å². The summed E-state index contributed by atoms with van der Waals surface area (Å²) in [6.45, 7) is 8.17. The van der Waals surface area contributed by atoms with Gasteiger partial charge >= 0.3 is 0 Å². The first kappa shape index (κ1) is 19.6. The minimum absolute atomic E-state index is 0.441. The molecule has 0 spiro atoms. The summed E-state index contributed by atoms with van der Waals surface area (Å²) in [6, 6.07) is 3.70. The van der Waals surface area contributed by atoms with E-state index >= 15 is 0 Å². The third-order valence-corrected chi connectivity index (χ3v) is 5.47. The predicted octanol–water partition coefficient (Wildman–Crippen LogP) is 7.62. The number of benzene rings is 1. The van der Waals surface area contributed by atoms with Crippen molar-refractivity contribution in [3.8, 4) is 0 Å². The molecule has 0 N–H and O–H groups in total. The lowest BCUT2D eigenvalue weighted by Gasteiger charge is -2.33. The fourth-order valence-corrected chi connectivity index (χ4v) is 3.76. The van der Waals surface area contributed by atoms with Gasteiger partial charge in [-0.1, -0.05) is 51.0 Å². The molecular formula is C23H30F2. The summed E-state index contributed by atoms with van der Waals surface area (Å²) in [6.07, 6.45) is 16.0. The molecule has 2 rings (SSSR count). The average Bonchev–Trinajstić information content (AvgIpc) is 2.58. The lowest BCUT2D eigenvalue weighted by molar-refractivity contribution is 0.195. The van der Waals surface area contributed by atoms with Gasteiger partial charge in [-0.2, -0.15) is 0 Å². The molecule has 1 aromatic carbocycles. The molecule has 0 amide bonds. The molecule has 0 heterocycles. The van der Waals surface area contributed by atoms with Gasteiger partial charge in [-0.05, 0) is 67.7 Å². The van der Waals surface area contributed by atoms with Crippen LogP contribution >= 0.6 is 0 Å². The van der Waals surface area contributed by atoms with Crippen molar-refractivity contribution in [2.24, 2.45) is 5.41 Å². The molecule has 0 aromatic heterocycles. The van der Waals surface area contributed by atoms with Crippen molar-refractivity contribution in [1.29, 1.82) is 0 Å². The van der Waals surface area contributed by atoms with Gasteiger partial charge in [0.25, 0.3) is 0 Å². The molecule has 25 heavy (non-hydrogen) atoms. The van der Waals surface area contributed by atoms with E-state index in [2.05, 4.69) is 13.5 Å². The van der Waals surface area contributed by atoms with Gasteiger partial charge in [-0.3, -0.25) is 0 Å². The van der Waals surface area contributed by atoms with Gasteiger partial charge in [0.1, 0.15) is 11.6 Å². The highest BCUT2D eigenvalue weighted by Gasteiger charge is 2.25. The molecule has 0 nitrogen and oxygen atoms in total. The maximum atomic E-state index is 13.8. The van der Waals surface area contributed by atoms with Gasteiger partial charge in [0.2, 0.25) is 0 Å². The SMILES string of the molecule is C=C/C(=C\C=C(/C)c1ccc(F)cc1F)CCCC1(C)CCCCC1. The van der Waals surface area contributed by atoms with Crippen LogP contribution in [0.5, 0.6) is 0 Å². The Morgan fingerprint density at radius 1 is 1.16 bits per heavy atom. The van der Waals surface area contributed by atoms with Gasteiger partial charge in [-0.15, -0.1) is 0 Å². The second-order valence-corrected chi connectivity index (χ2v) is 7.64. The zero-order valence-corrected chi connectivity index (χ0v) is 15.6. The van der Waals surface area contributed by atoms with Crippen LogP contribution in [0.3, 0.4) is 0 Å². The monoisotopic (exact) mass is 344 g/mol. The molecule has 136 valence electrons. The highest BCUT2D eigenvalue weighted by atomic mass is 19.1. The van der Waals surface area contributed by atoms with E-state index in [9.17, 15) is 8.78 Å². The summed E-state index contributed by atoms with van der Waals surface area (Å²) in [7, 11) is 0. The van der Waals surface area contributed by atoms with Gasteiger partial charge in [0.15, 0.2) is 0 Å². The summed E-state index contributed by atoms with van der Waals surface area (Å²) >= 11 is 0. The van der Waals surface area contributed by atoms with Crippen LogP contribution in [0.4, 0.5) is 8.78 Å². The van der Waals surface area contributed by atoms with Crippen LogP contribution in [0.15, 0.2) is 48.6 Å². The first-order valence-corrected chi connectivity index (χ1v) is 9.39. The first-order chi connectivity index (χ1) is 11.9. The number of hydrogen-bond donors (Lipinski definition) is 0. The van der Waals surface area contributed by atoms with Crippen LogP contribution in [0, 0.1) is 17.0 Å². The summed E-state index contributed by atoms with van der Waals surface area (Å²) in [4.78, 5) is 0. The minimum Gasteiger partial charge on any atom is -0.207 e. The van der Waals surface area contributed by atoms with E-state index in [4.69, 9.17) is 0 Å². The first-order valence-electron chi connectivity index (χ1n) is 9.39. The molecule has 1 aliphatic carbocycles. The van der Waals surface area contributed by atoms with E-state index in [1.165, 1.54) is 56.2 Å². The molecule has 0 atom stereocenters. The molecular weight excluding hydrogens is 314 g/mol. The van der Waals surface area contributed by atoms with Crippen molar-refractivity contribution in [3.05, 3.63) is 65.8 Å². The minimum atomic E-state index is -0.549. The highest BCUT2D eigenvalue weighted by Crippen LogP contribution is 2.40. The topological polar surface area (TPSA) is 0 Å². The zero-order valence-electron chi connectivity index (χ0n) is 15.6. The quantitative estimate of drug-likeness (QED) is 0.446. The second kappa shape index (κ2) is 9.12. The Kier molecular flexibility index (Phi) is 7.16. The van der Waals surface area contributed by atoms with Crippen LogP contribution in [0.2, 0.25) is 0 Å². The van der Waals surface area contributed by atoms with Gasteiger partial charge < -0.3 is 0 Å². The standard InChI is InChI=1S/C23H30F2/c1-4-19(9-8-16-23(3)14-6-5-7-15-23)11-10-18(2)21-13-12-20(24)17-22(21)25/h4,10-13,17H,1,5-9,14-16H2,2-3H3/b18-10+,19-11+. The molecule has 0 radical (unpaired) electrons. The predicted molar refractivity (Wildman–Crippen MR) is 103 cm³/mol. The van der Waals surface area contributed by atoms with E-state index in [1.54, 1.807) is 0 Å². The Hall–Kier alpha value is -1.70. The summed E-state index contributed by atoms with van der Waals surface area (Å²) in [5.41, 5.74) is 2.90. The molecule has 0 saturated heterocycles. The van der Waals surface area contributed by atoms with Crippen molar-refractivity contribution in [2.75, 3.05) is 0 Å². The van der Waals surface area contributed by atoms with Crippen LogP contribution in [-0.2, 0) is 0 Å². The van der Waals surface area contributed by atoms with E-state index in [-0.39, 0.29) is 0 Å². The van der Waals surface area contributed by atoms with Crippen LogP contribution in [0.1, 0.15) is 70.8 Å². The number of hydrogen-bond acceptors (Lipinski definition) is 0. The maximum Gasteiger partial charge on any atom is 0.133 e. The van der Waals surface area contributed by atoms with Crippen molar-refractivity contribution in [1.82, 2.24) is 0 Å². The molecule has 0 unspecified atom stereocenters. The Balaban J connectivity index is 1.95. The summed E-state index contributed by atoms with van der Waals surface area (Å²) in [5, 5.41) is 0. The highest BCUT2D eigenvalue weighted by molar-refractivity contribution is 5.65. The lowest BCUT2D eigenvalue weighted by atomic mass is 9.72. The second-order valence-electron chi connectivity index (χ2n) is 7.64. The molecule has 1 fully saturated rings. The molecule has 1 saturated carbocycles. The molecule has 0 bridgehead atoms. The van der Waals surface area contributed by atoms with E-state index in [0.717, 1.165) is 24.5 Å². The largest absolute Gasteiger partial charge is 0.207 e. The molecule has 1 aromatic rings. The Labute approximate surface area is 151 Å². The van der Waals surface area contributed by atoms with Crippen LogP contribution in [-0.4, -0.2) is 0 Å². The number of allylic oxidation sites excluding steroid dienone is 5. The normalized spacial score (nSPS) is 18.2. The maximum absolute atomic E-state index is 13.8. The summed E-state index contributed by atoms with van der Waals surface area (Å²) < 4.78 is 26.9.